The summed E-state index contributed by atoms with van der Waals surface area (Å²) in [5.74, 6) is 0. The number of hydrogen-bond acceptors (Lipinski definition) is 4. The molecule has 0 unspecified atom stereocenters. The summed E-state index contributed by atoms with van der Waals surface area (Å²) < 4.78 is 5.43. The summed E-state index contributed by atoms with van der Waals surface area (Å²) >= 11 is 0. The molecule has 0 aliphatic heterocycles. The van der Waals surface area contributed by atoms with E-state index in [1.54, 1.807) is 0 Å². The first kappa shape index (κ1) is 12.8. The minimum Gasteiger partial charge on any atom is -0.394 e. The third kappa shape index (κ3) is 3.60. The van der Waals surface area contributed by atoms with Crippen LogP contribution >= 0.6 is 0 Å². The summed E-state index contributed by atoms with van der Waals surface area (Å²) in [5.41, 5.74) is -0.615. The molecule has 3 N–H and O–H groups in total. The van der Waals surface area contributed by atoms with E-state index in [1.165, 1.54) is 0 Å². The maximum Gasteiger partial charge on any atom is 0.104 e. The minimum atomic E-state index is -0.615. The smallest absolute Gasteiger partial charge is 0.104 e. The second-order valence-corrected chi connectivity index (χ2v) is 3.15. The van der Waals surface area contributed by atoms with Gasteiger partial charge in [0, 0.05) is 0 Å². The monoisotopic (exact) mass is 192 g/mol. The zero-order chi connectivity index (χ0) is 10.3. The summed E-state index contributed by atoms with van der Waals surface area (Å²) in [7, 11) is 0. The predicted molar refractivity (Wildman–Crippen MR) is 49.4 cm³/mol. The number of aliphatic hydroxyl groups excluding tert-OH is 3. The molecule has 0 bridgehead atoms. The SMILES string of the molecule is CCC(CC)(CO)OC(CO)CO. The Labute approximate surface area is 79.2 Å². The highest BCUT2D eigenvalue weighted by Gasteiger charge is 2.29. The molecule has 0 saturated carbocycles. The Morgan fingerprint density at radius 2 is 1.54 bits per heavy atom. The topological polar surface area (TPSA) is 69.9 Å². The summed E-state index contributed by atoms with van der Waals surface area (Å²) in [6.45, 7) is 3.28. The number of hydrogen-bond donors (Lipinski definition) is 3. The van der Waals surface area contributed by atoms with Crippen LogP contribution in [0.5, 0.6) is 0 Å². The summed E-state index contributed by atoms with van der Waals surface area (Å²) in [6, 6.07) is 0. The molecule has 0 heterocycles. The van der Waals surface area contributed by atoms with E-state index in [0.29, 0.717) is 12.8 Å². The predicted octanol–water partition coefficient (Wildman–Crippen LogP) is -0.0927. The first-order chi connectivity index (χ1) is 6.17. The van der Waals surface area contributed by atoms with E-state index in [2.05, 4.69) is 0 Å². The van der Waals surface area contributed by atoms with E-state index in [0.717, 1.165) is 0 Å². The van der Waals surface area contributed by atoms with Gasteiger partial charge in [-0.15, -0.1) is 0 Å². The van der Waals surface area contributed by atoms with Gasteiger partial charge in [0.25, 0.3) is 0 Å². The minimum absolute atomic E-state index is 0.0868. The molecule has 0 radical (unpaired) electrons. The molecule has 0 saturated heterocycles. The van der Waals surface area contributed by atoms with Gasteiger partial charge in [-0.3, -0.25) is 0 Å². The molecule has 4 nitrogen and oxygen atoms in total. The van der Waals surface area contributed by atoms with E-state index in [9.17, 15) is 0 Å². The average Bonchev–Trinajstić information content (AvgIpc) is 2.21. The highest BCUT2D eigenvalue weighted by molar-refractivity contribution is 4.78. The summed E-state index contributed by atoms with van der Waals surface area (Å²) in [6.07, 6.45) is 0.736. The zero-order valence-electron chi connectivity index (χ0n) is 8.36. The zero-order valence-corrected chi connectivity index (χ0v) is 8.36. The maximum absolute atomic E-state index is 9.13. The average molecular weight is 192 g/mol. The quantitative estimate of drug-likeness (QED) is 0.527. The molecule has 80 valence electrons. The van der Waals surface area contributed by atoms with Crippen LogP contribution in [-0.4, -0.2) is 46.8 Å². The van der Waals surface area contributed by atoms with Gasteiger partial charge in [0.2, 0.25) is 0 Å². The number of ether oxygens (including phenoxy) is 1. The lowest BCUT2D eigenvalue weighted by Crippen LogP contribution is -2.41. The molecule has 0 aromatic carbocycles. The van der Waals surface area contributed by atoms with Crippen LogP contribution in [0.3, 0.4) is 0 Å². The van der Waals surface area contributed by atoms with Gasteiger partial charge in [-0.05, 0) is 12.8 Å². The molecular formula is C9H20O4. The molecule has 0 spiro atoms. The maximum atomic E-state index is 9.13. The van der Waals surface area contributed by atoms with Crippen molar-refractivity contribution >= 4 is 0 Å². The molecule has 4 heteroatoms. The standard InChI is InChI=1S/C9H20O4/c1-3-9(4-2,7-12)13-8(5-10)6-11/h8,10-12H,3-7H2,1-2H3. The Kier molecular flexibility index (Phi) is 6.24. The first-order valence-electron chi connectivity index (χ1n) is 4.68. The fraction of sp³-hybridized carbons (Fsp3) is 1.00. The molecular weight excluding hydrogens is 172 g/mol. The third-order valence-corrected chi connectivity index (χ3v) is 2.40. The normalized spacial score (nSPS) is 12.5. The van der Waals surface area contributed by atoms with Gasteiger partial charge < -0.3 is 20.1 Å². The lowest BCUT2D eigenvalue weighted by Gasteiger charge is -2.33. The van der Waals surface area contributed by atoms with Crippen LogP contribution in [0.25, 0.3) is 0 Å². The first-order valence-corrected chi connectivity index (χ1v) is 4.68. The van der Waals surface area contributed by atoms with Crippen molar-refractivity contribution in [2.24, 2.45) is 0 Å². The van der Waals surface area contributed by atoms with Gasteiger partial charge in [-0.25, -0.2) is 0 Å². The Morgan fingerprint density at radius 3 is 1.77 bits per heavy atom. The lowest BCUT2D eigenvalue weighted by atomic mass is 9.98. The van der Waals surface area contributed by atoms with Crippen molar-refractivity contribution in [2.45, 2.75) is 38.4 Å². The van der Waals surface area contributed by atoms with Gasteiger partial charge in [0.15, 0.2) is 0 Å². The number of aliphatic hydroxyl groups is 3. The molecule has 0 aromatic heterocycles. The van der Waals surface area contributed by atoms with Crippen LogP contribution in [0.15, 0.2) is 0 Å². The molecule has 0 amide bonds. The molecule has 0 rings (SSSR count). The molecule has 0 aliphatic rings. The van der Waals surface area contributed by atoms with Crippen LogP contribution in [0.1, 0.15) is 26.7 Å². The van der Waals surface area contributed by atoms with Crippen molar-refractivity contribution in [3.8, 4) is 0 Å². The van der Waals surface area contributed by atoms with Gasteiger partial charge >= 0.3 is 0 Å². The fourth-order valence-electron chi connectivity index (χ4n) is 1.16. The van der Waals surface area contributed by atoms with Crippen LogP contribution in [0.4, 0.5) is 0 Å². The molecule has 0 aliphatic carbocycles. The molecule has 0 fully saturated rings. The fourth-order valence-corrected chi connectivity index (χ4v) is 1.16. The van der Waals surface area contributed by atoms with E-state index in [-0.39, 0.29) is 19.8 Å². The Hall–Kier alpha value is -0.160. The van der Waals surface area contributed by atoms with Crippen molar-refractivity contribution in [1.29, 1.82) is 0 Å². The summed E-state index contributed by atoms with van der Waals surface area (Å²) in [4.78, 5) is 0. The van der Waals surface area contributed by atoms with E-state index < -0.39 is 11.7 Å². The van der Waals surface area contributed by atoms with Crippen molar-refractivity contribution in [1.82, 2.24) is 0 Å². The van der Waals surface area contributed by atoms with E-state index >= 15 is 0 Å². The van der Waals surface area contributed by atoms with Crippen molar-refractivity contribution in [2.75, 3.05) is 19.8 Å². The molecule has 0 atom stereocenters. The highest BCUT2D eigenvalue weighted by atomic mass is 16.5. The molecule has 0 aromatic rings. The third-order valence-electron chi connectivity index (χ3n) is 2.40. The molecule has 13 heavy (non-hydrogen) atoms. The van der Waals surface area contributed by atoms with E-state index in [1.807, 2.05) is 13.8 Å². The van der Waals surface area contributed by atoms with Crippen LogP contribution in [0, 0.1) is 0 Å². The van der Waals surface area contributed by atoms with Crippen LogP contribution < -0.4 is 0 Å². The second kappa shape index (κ2) is 6.32. The summed E-state index contributed by atoms with van der Waals surface area (Å²) in [5, 5.41) is 26.7. The van der Waals surface area contributed by atoms with E-state index in [4.69, 9.17) is 20.1 Å². The van der Waals surface area contributed by atoms with Gasteiger partial charge in [-0.1, -0.05) is 13.8 Å². The van der Waals surface area contributed by atoms with Gasteiger partial charge in [0.1, 0.15) is 6.10 Å². The van der Waals surface area contributed by atoms with Crippen molar-refractivity contribution in [3.05, 3.63) is 0 Å². The second-order valence-electron chi connectivity index (χ2n) is 3.15. The Balaban J connectivity index is 4.21. The largest absolute Gasteiger partial charge is 0.394 e. The van der Waals surface area contributed by atoms with Gasteiger partial charge in [0.05, 0.1) is 25.4 Å². The van der Waals surface area contributed by atoms with Crippen LogP contribution in [-0.2, 0) is 4.74 Å². The van der Waals surface area contributed by atoms with Crippen molar-refractivity contribution < 1.29 is 20.1 Å². The lowest BCUT2D eigenvalue weighted by molar-refractivity contribution is -0.148. The van der Waals surface area contributed by atoms with Crippen molar-refractivity contribution in [3.63, 3.8) is 0 Å². The van der Waals surface area contributed by atoms with Gasteiger partial charge in [-0.2, -0.15) is 0 Å². The van der Waals surface area contributed by atoms with Crippen LogP contribution in [0.2, 0.25) is 0 Å². The Morgan fingerprint density at radius 1 is 1.08 bits per heavy atom. The Bertz CT molecular complexity index is 111. The number of rotatable bonds is 7. The highest BCUT2D eigenvalue weighted by Crippen LogP contribution is 2.21.